The van der Waals surface area contributed by atoms with Crippen molar-refractivity contribution >= 4 is 28.2 Å². The van der Waals surface area contributed by atoms with E-state index < -0.39 is 0 Å². The summed E-state index contributed by atoms with van der Waals surface area (Å²) in [7, 11) is 0. The fourth-order valence-electron chi connectivity index (χ4n) is 3.31. The maximum Gasteiger partial charge on any atom is 0.257 e. The number of pyridine rings is 2. The molecule has 0 aliphatic carbocycles. The molecule has 0 unspecified atom stereocenters. The highest BCUT2D eigenvalue weighted by Gasteiger charge is 2.13. The Labute approximate surface area is 170 Å². The lowest BCUT2D eigenvalue weighted by Crippen LogP contribution is -2.23. The van der Waals surface area contributed by atoms with E-state index in [0.717, 1.165) is 29.7 Å². The van der Waals surface area contributed by atoms with E-state index in [0.29, 0.717) is 11.3 Å². The lowest BCUT2D eigenvalue weighted by atomic mass is 10.1. The van der Waals surface area contributed by atoms with Gasteiger partial charge in [0.2, 0.25) is 0 Å². The van der Waals surface area contributed by atoms with Crippen molar-refractivity contribution < 1.29 is 4.79 Å². The monoisotopic (exact) mass is 382 g/mol. The lowest BCUT2D eigenvalue weighted by Gasteiger charge is -2.23. The number of rotatable bonds is 6. The lowest BCUT2D eigenvalue weighted by molar-refractivity contribution is 0.102. The number of benzene rings is 2. The average molecular weight is 382 g/mol. The predicted octanol–water partition coefficient (Wildman–Crippen LogP) is 4.91. The number of carbonyl (C=O) groups is 1. The van der Waals surface area contributed by atoms with Gasteiger partial charge in [0, 0.05) is 30.9 Å². The van der Waals surface area contributed by atoms with Gasteiger partial charge in [-0.15, -0.1) is 0 Å². The molecule has 1 amide bonds. The predicted molar refractivity (Wildman–Crippen MR) is 117 cm³/mol. The Kier molecular flexibility index (Phi) is 5.47. The molecule has 4 rings (SSSR count). The van der Waals surface area contributed by atoms with Crippen LogP contribution in [0, 0.1) is 0 Å². The van der Waals surface area contributed by atoms with Crippen LogP contribution >= 0.6 is 0 Å². The number of carbonyl (C=O) groups excluding carboxylic acids is 1. The first-order valence-corrected chi connectivity index (χ1v) is 9.63. The topological polar surface area (TPSA) is 58.1 Å². The van der Waals surface area contributed by atoms with E-state index in [1.807, 2.05) is 54.6 Å². The van der Waals surface area contributed by atoms with Crippen LogP contribution in [0.1, 0.15) is 22.8 Å². The molecule has 2 aromatic carbocycles. The molecular formula is C24H22N4O. The van der Waals surface area contributed by atoms with Gasteiger partial charge in [-0.3, -0.25) is 14.8 Å². The molecule has 29 heavy (non-hydrogen) atoms. The molecule has 2 aromatic heterocycles. The van der Waals surface area contributed by atoms with Crippen LogP contribution in [0.5, 0.6) is 0 Å². The smallest absolute Gasteiger partial charge is 0.257 e. The van der Waals surface area contributed by atoms with Crippen LogP contribution in [-0.2, 0) is 6.54 Å². The fourth-order valence-corrected chi connectivity index (χ4v) is 3.31. The summed E-state index contributed by atoms with van der Waals surface area (Å²) >= 11 is 0. The van der Waals surface area contributed by atoms with Crippen LogP contribution in [0.15, 0.2) is 85.3 Å². The van der Waals surface area contributed by atoms with Crippen LogP contribution in [0.3, 0.4) is 0 Å². The summed E-state index contributed by atoms with van der Waals surface area (Å²) in [6, 6.07) is 21.7. The number of fused-ring (bicyclic) bond motifs is 1. The molecular weight excluding hydrogens is 360 g/mol. The highest BCUT2D eigenvalue weighted by molar-refractivity contribution is 6.08. The Morgan fingerprint density at radius 3 is 2.66 bits per heavy atom. The molecule has 0 radical (unpaired) electrons. The van der Waals surface area contributed by atoms with E-state index >= 15 is 0 Å². The van der Waals surface area contributed by atoms with Crippen molar-refractivity contribution in [3.63, 3.8) is 0 Å². The largest absolute Gasteiger partial charge is 0.366 e. The normalized spacial score (nSPS) is 10.7. The van der Waals surface area contributed by atoms with Gasteiger partial charge < -0.3 is 10.2 Å². The van der Waals surface area contributed by atoms with Gasteiger partial charge in [0.1, 0.15) is 0 Å². The molecule has 4 aromatic rings. The molecule has 0 fully saturated rings. The van der Waals surface area contributed by atoms with Crippen LogP contribution in [0.4, 0.5) is 11.4 Å². The second kappa shape index (κ2) is 8.52. The Bertz CT molecular complexity index is 1120. The number of amides is 1. The minimum absolute atomic E-state index is 0.201. The van der Waals surface area contributed by atoms with Gasteiger partial charge in [-0.25, -0.2) is 0 Å². The van der Waals surface area contributed by atoms with Crippen LogP contribution in [0.25, 0.3) is 10.9 Å². The van der Waals surface area contributed by atoms with Crippen molar-refractivity contribution in [3.05, 3.63) is 96.4 Å². The van der Waals surface area contributed by atoms with Gasteiger partial charge in [-0.2, -0.15) is 0 Å². The van der Waals surface area contributed by atoms with Crippen LogP contribution in [-0.4, -0.2) is 22.4 Å². The van der Waals surface area contributed by atoms with Crippen molar-refractivity contribution in [2.24, 2.45) is 0 Å². The number of hydrogen-bond acceptors (Lipinski definition) is 4. The van der Waals surface area contributed by atoms with Gasteiger partial charge in [-0.05, 0) is 30.7 Å². The first-order chi connectivity index (χ1) is 14.2. The van der Waals surface area contributed by atoms with Crippen LogP contribution < -0.4 is 10.2 Å². The number of aromatic nitrogens is 2. The maximum atomic E-state index is 12.9. The van der Waals surface area contributed by atoms with Crippen molar-refractivity contribution in [3.8, 4) is 0 Å². The van der Waals surface area contributed by atoms with E-state index in [4.69, 9.17) is 0 Å². The van der Waals surface area contributed by atoms with E-state index in [1.54, 1.807) is 18.6 Å². The Morgan fingerprint density at radius 2 is 1.83 bits per heavy atom. The molecule has 2 heterocycles. The van der Waals surface area contributed by atoms with Gasteiger partial charge in [0.15, 0.2) is 0 Å². The standard InChI is InChI=1S/C24H22N4O/c1-2-28(17-18-8-4-3-5-9-18)21-14-20(15-25-16-21)24(29)27-22-12-6-10-19-11-7-13-26-23(19)22/h3-16H,2,17H2,1H3,(H,27,29). The number of nitrogens with zero attached hydrogens (tertiary/aromatic N) is 3. The number of anilines is 2. The van der Waals surface area contributed by atoms with Crippen LogP contribution in [0.2, 0.25) is 0 Å². The summed E-state index contributed by atoms with van der Waals surface area (Å²) in [5.41, 5.74) is 4.11. The zero-order valence-electron chi connectivity index (χ0n) is 16.2. The van der Waals surface area contributed by atoms with E-state index in [2.05, 4.69) is 39.2 Å². The summed E-state index contributed by atoms with van der Waals surface area (Å²) in [5, 5.41) is 3.96. The first kappa shape index (κ1) is 18.6. The molecule has 0 spiro atoms. The molecule has 0 saturated carbocycles. The zero-order valence-corrected chi connectivity index (χ0v) is 16.2. The van der Waals surface area contributed by atoms with Crippen molar-refractivity contribution in [1.29, 1.82) is 0 Å². The third kappa shape index (κ3) is 4.24. The van der Waals surface area contributed by atoms with Gasteiger partial charge >= 0.3 is 0 Å². The van der Waals surface area contributed by atoms with Gasteiger partial charge in [0.05, 0.1) is 28.7 Å². The molecule has 1 N–H and O–H groups in total. The molecule has 5 heteroatoms. The average Bonchev–Trinajstić information content (AvgIpc) is 2.78. The molecule has 0 saturated heterocycles. The quantitative estimate of drug-likeness (QED) is 0.515. The summed E-state index contributed by atoms with van der Waals surface area (Å²) in [4.78, 5) is 23.8. The highest BCUT2D eigenvalue weighted by Crippen LogP contribution is 2.22. The summed E-state index contributed by atoms with van der Waals surface area (Å²) in [5.74, 6) is -0.201. The van der Waals surface area contributed by atoms with E-state index in [-0.39, 0.29) is 5.91 Å². The maximum absolute atomic E-state index is 12.9. The third-order valence-electron chi connectivity index (χ3n) is 4.83. The Hall–Kier alpha value is -3.73. The summed E-state index contributed by atoms with van der Waals surface area (Å²) in [6.45, 7) is 3.67. The Morgan fingerprint density at radius 1 is 1.00 bits per heavy atom. The van der Waals surface area contributed by atoms with E-state index in [1.165, 1.54) is 5.56 Å². The van der Waals surface area contributed by atoms with Gasteiger partial charge in [-0.1, -0.05) is 48.5 Å². The van der Waals surface area contributed by atoms with Crippen molar-refractivity contribution in [2.45, 2.75) is 13.5 Å². The molecule has 0 atom stereocenters. The minimum Gasteiger partial charge on any atom is -0.366 e. The first-order valence-electron chi connectivity index (χ1n) is 9.63. The number of para-hydroxylation sites is 1. The van der Waals surface area contributed by atoms with Crippen molar-refractivity contribution in [2.75, 3.05) is 16.8 Å². The number of hydrogen-bond donors (Lipinski definition) is 1. The molecule has 0 aliphatic rings. The fraction of sp³-hybridized carbons (Fsp3) is 0.125. The SMILES string of the molecule is CCN(Cc1ccccc1)c1cncc(C(=O)Nc2cccc3cccnc23)c1. The second-order valence-corrected chi connectivity index (χ2v) is 6.77. The van der Waals surface area contributed by atoms with E-state index in [9.17, 15) is 4.79 Å². The Balaban J connectivity index is 1.56. The highest BCUT2D eigenvalue weighted by atomic mass is 16.1. The molecule has 144 valence electrons. The summed E-state index contributed by atoms with van der Waals surface area (Å²) in [6.07, 6.45) is 5.11. The zero-order chi connectivity index (χ0) is 20.1. The second-order valence-electron chi connectivity index (χ2n) is 6.77. The van der Waals surface area contributed by atoms with Gasteiger partial charge in [0.25, 0.3) is 5.91 Å². The third-order valence-corrected chi connectivity index (χ3v) is 4.83. The molecule has 5 nitrogen and oxygen atoms in total. The molecule has 0 aliphatic heterocycles. The molecule has 0 bridgehead atoms. The summed E-state index contributed by atoms with van der Waals surface area (Å²) < 4.78 is 0. The number of nitrogens with one attached hydrogen (secondary N) is 1. The van der Waals surface area contributed by atoms with Crippen molar-refractivity contribution in [1.82, 2.24) is 9.97 Å². The minimum atomic E-state index is -0.201.